The molecule has 21 heavy (non-hydrogen) atoms. The molecule has 112 valence electrons. The van der Waals surface area contributed by atoms with Crippen molar-refractivity contribution in [1.29, 1.82) is 0 Å². The fourth-order valence-corrected chi connectivity index (χ4v) is 2.79. The van der Waals surface area contributed by atoms with Gasteiger partial charge in [0.2, 0.25) is 12.7 Å². The van der Waals surface area contributed by atoms with Gasteiger partial charge in [0.05, 0.1) is 17.8 Å². The number of carbonyl (C=O) groups is 1. The summed E-state index contributed by atoms with van der Waals surface area (Å²) in [4.78, 5) is 11.7. The molecule has 2 aliphatic rings. The van der Waals surface area contributed by atoms with Gasteiger partial charge in [-0.15, -0.1) is 0 Å². The van der Waals surface area contributed by atoms with Crippen molar-refractivity contribution in [3.63, 3.8) is 0 Å². The number of rotatable bonds is 2. The fraction of sp³-hybridized carbons (Fsp3) is 0.400. The van der Waals surface area contributed by atoms with Crippen molar-refractivity contribution in [3.8, 4) is 11.5 Å². The first-order chi connectivity index (χ1) is 9.97. The fourth-order valence-electron chi connectivity index (χ4n) is 2.79. The molecule has 0 radical (unpaired) electrons. The second-order valence-corrected chi connectivity index (χ2v) is 5.43. The van der Waals surface area contributed by atoms with Crippen LogP contribution in [0.1, 0.15) is 29.3 Å². The van der Waals surface area contributed by atoms with Gasteiger partial charge in [0.15, 0.2) is 11.5 Å². The normalized spacial score (nSPS) is 27.4. The highest BCUT2D eigenvalue weighted by Gasteiger charge is 2.30. The largest absolute Gasteiger partial charge is 0.454 e. The molecule has 1 heterocycles. The number of aliphatic hydroxyl groups is 2. The van der Waals surface area contributed by atoms with E-state index in [9.17, 15) is 15.0 Å². The highest BCUT2D eigenvalue weighted by atomic mass is 16.7. The number of fused-ring (bicyclic) bond motifs is 1. The van der Waals surface area contributed by atoms with Crippen LogP contribution in [0, 0.1) is 5.92 Å². The Balaban J connectivity index is 2.09. The molecule has 1 amide bonds. The van der Waals surface area contributed by atoms with E-state index in [0.29, 0.717) is 22.6 Å². The molecule has 0 fully saturated rings. The molecule has 6 heteroatoms. The average molecular weight is 291 g/mol. The molecule has 3 atom stereocenters. The maximum absolute atomic E-state index is 11.7. The Morgan fingerprint density at radius 1 is 1.29 bits per heavy atom. The summed E-state index contributed by atoms with van der Waals surface area (Å²) in [5.41, 5.74) is 7.14. The van der Waals surface area contributed by atoms with Crippen molar-refractivity contribution >= 4 is 11.5 Å². The number of nitrogens with two attached hydrogens (primary N) is 1. The van der Waals surface area contributed by atoms with Crippen molar-refractivity contribution < 1.29 is 24.5 Å². The summed E-state index contributed by atoms with van der Waals surface area (Å²) in [5, 5.41) is 19.8. The van der Waals surface area contributed by atoms with Crippen molar-refractivity contribution in [1.82, 2.24) is 0 Å². The minimum atomic E-state index is -0.869. The van der Waals surface area contributed by atoms with E-state index in [0.717, 1.165) is 5.57 Å². The van der Waals surface area contributed by atoms with E-state index < -0.39 is 18.1 Å². The van der Waals surface area contributed by atoms with E-state index in [1.54, 1.807) is 12.1 Å². The Morgan fingerprint density at radius 3 is 2.57 bits per heavy atom. The molecule has 0 unspecified atom stereocenters. The molecule has 6 nitrogen and oxygen atoms in total. The minimum absolute atomic E-state index is 0.105. The monoisotopic (exact) mass is 291 g/mol. The van der Waals surface area contributed by atoms with Crippen LogP contribution < -0.4 is 15.2 Å². The van der Waals surface area contributed by atoms with E-state index in [1.165, 1.54) is 0 Å². The Hall–Kier alpha value is -2.05. The van der Waals surface area contributed by atoms with Crippen LogP contribution in [-0.2, 0) is 0 Å². The van der Waals surface area contributed by atoms with Gasteiger partial charge in [0.25, 0.3) is 0 Å². The molecule has 0 bridgehead atoms. The Bertz CT molecular complexity index is 625. The number of aliphatic hydroxyl groups excluding tert-OH is 2. The Labute approximate surface area is 121 Å². The SMILES string of the molecule is C[C@H]1C=C(c2cc3c(cc2C(N)=O)OCO3)C[C@H](O)[C@@H]1O. The zero-order chi connectivity index (χ0) is 15.1. The highest BCUT2D eigenvalue weighted by molar-refractivity contribution is 5.99. The van der Waals surface area contributed by atoms with Gasteiger partial charge in [-0.2, -0.15) is 0 Å². The van der Waals surface area contributed by atoms with E-state index in [-0.39, 0.29) is 19.1 Å². The summed E-state index contributed by atoms with van der Waals surface area (Å²) < 4.78 is 10.6. The summed E-state index contributed by atoms with van der Waals surface area (Å²) >= 11 is 0. The van der Waals surface area contributed by atoms with Crippen molar-refractivity contribution in [3.05, 3.63) is 29.3 Å². The van der Waals surface area contributed by atoms with Crippen LogP contribution in [0.5, 0.6) is 11.5 Å². The van der Waals surface area contributed by atoms with Gasteiger partial charge in [0, 0.05) is 12.3 Å². The number of ether oxygens (including phenoxy) is 2. The predicted octanol–water partition coefficient (Wildman–Crippen LogP) is 0.659. The maximum atomic E-state index is 11.7. The summed E-state index contributed by atoms with van der Waals surface area (Å²) in [7, 11) is 0. The summed E-state index contributed by atoms with van der Waals surface area (Å²) in [5.74, 6) is 0.245. The molecule has 4 N–H and O–H groups in total. The molecular weight excluding hydrogens is 274 g/mol. The first kappa shape index (κ1) is 13.9. The molecule has 3 rings (SSSR count). The lowest BCUT2D eigenvalue weighted by Gasteiger charge is -2.29. The topological polar surface area (TPSA) is 102 Å². The lowest BCUT2D eigenvalue weighted by molar-refractivity contribution is -0.00262. The van der Waals surface area contributed by atoms with Crippen molar-refractivity contribution in [2.45, 2.75) is 25.6 Å². The van der Waals surface area contributed by atoms with Gasteiger partial charge in [-0.05, 0) is 23.3 Å². The zero-order valence-corrected chi connectivity index (χ0v) is 11.6. The van der Waals surface area contributed by atoms with Gasteiger partial charge in [-0.25, -0.2) is 0 Å². The summed E-state index contributed by atoms with van der Waals surface area (Å²) in [6, 6.07) is 3.26. The zero-order valence-electron chi connectivity index (χ0n) is 11.6. The smallest absolute Gasteiger partial charge is 0.249 e. The Morgan fingerprint density at radius 2 is 1.95 bits per heavy atom. The van der Waals surface area contributed by atoms with Crippen molar-refractivity contribution in [2.24, 2.45) is 11.7 Å². The van der Waals surface area contributed by atoms with Crippen LogP contribution in [0.3, 0.4) is 0 Å². The lowest BCUT2D eigenvalue weighted by atomic mass is 9.82. The molecule has 0 saturated heterocycles. The van der Waals surface area contributed by atoms with E-state index in [2.05, 4.69) is 0 Å². The van der Waals surface area contributed by atoms with Gasteiger partial charge in [-0.3, -0.25) is 4.79 Å². The molecule has 1 aliphatic heterocycles. The Kier molecular flexibility index (Phi) is 3.35. The highest BCUT2D eigenvalue weighted by Crippen LogP contribution is 2.40. The number of hydrogen-bond acceptors (Lipinski definition) is 5. The van der Waals surface area contributed by atoms with Crippen LogP contribution in [0.2, 0.25) is 0 Å². The molecule has 0 aromatic heterocycles. The van der Waals surface area contributed by atoms with Crippen LogP contribution in [0.4, 0.5) is 0 Å². The maximum Gasteiger partial charge on any atom is 0.249 e. The quantitative estimate of drug-likeness (QED) is 0.743. The number of carbonyl (C=O) groups excluding carboxylic acids is 1. The third kappa shape index (κ3) is 2.36. The molecule has 1 aromatic rings. The van der Waals surface area contributed by atoms with Crippen LogP contribution >= 0.6 is 0 Å². The summed E-state index contributed by atoms with van der Waals surface area (Å²) in [6.07, 6.45) is 0.429. The first-order valence-electron chi connectivity index (χ1n) is 6.78. The van der Waals surface area contributed by atoms with E-state index in [4.69, 9.17) is 15.2 Å². The lowest BCUT2D eigenvalue weighted by Crippen LogP contribution is -2.34. The minimum Gasteiger partial charge on any atom is -0.454 e. The average Bonchev–Trinajstić information content (AvgIpc) is 2.90. The number of benzene rings is 1. The third-order valence-electron chi connectivity index (χ3n) is 3.95. The molecule has 0 spiro atoms. The summed E-state index contributed by atoms with van der Waals surface area (Å²) in [6.45, 7) is 1.91. The van der Waals surface area contributed by atoms with Crippen molar-refractivity contribution in [2.75, 3.05) is 6.79 Å². The molecular formula is C15H17NO5. The van der Waals surface area contributed by atoms with Crippen LogP contribution in [-0.4, -0.2) is 35.1 Å². The van der Waals surface area contributed by atoms with Gasteiger partial charge in [0.1, 0.15) is 0 Å². The molecule has 1 aromatic carbocycles. The van der Waals surface area contributed by atoms with Gasteiger partial charge >= 0.3 is 0 Å². The second-order valence-electron chi connectivity index (χ2n) is 5.43. The van der Waals surface area contributed by atoms with Gasteiger partial charge < -0.3 is 25.4 Å². The second kappa shape index (κ2) is 5.05. The molecule has 0 saturated carbocycles. The first-order valence-corrected chi connectivity index (χ1v) is 6.78. The number of amides is 1. The standard InChI is InChI=1S/C15H17NO5/c1-7-2-8(3-11(17)14(7)18)9-4-12-13(21-6-20-12)5-10(9)15(16)19/h2,4-5,7,11,14,17-18H,3,6H2,1H3,(H2,16,19)/t7-,11-,14+/m0/s1. The predicted molar refractivity (Wildman–Crippen MR) is 74.9 cm³/mol. The van der Waals surface area contributed by atoms with Gasteiger partial charge in [-0.1, -0.05) is 13.0 Å². The number of primary amides is 1. The van der Waals surface area contributed by atoms with Crippen LogP contribution in [0.15, 0.2) is 18.2 Å². The molecule has 1 aliphatic carbocycles. The third-order valence-corrected chi connectivity index (χ3v) is 3.95. The van der Waals surface area contributed by atoms with E-state index >= 15 is 0 Å². The number of hydrogen-bond donors (Lipinski definition) is 3. The van der Waals surface area contributed by atoms with E-state index in [1.807, 2.05) is 13.0 Å². The van der Waals surface area contributed by atoms with Crippen LogP contribution in [0.25, 0.3) is 5.57 Å².